The molecule has 0 aromatic heterocycles. The van der Waals surface area contributed by atoms with Crippen LogP contribution in [0.3, 0.4) is 0 Å². The first-order chi connectivity index (χ1) is 12.0. The molecule has 4 fully saturated rings. The van der Waals surface area contributed by atoms with Crippen LogP contribution in [0.2, 0.25) is 0 Å². The Kier molecular flexibility index (Phi) is 4.69. The summed E-state index contributed by atoms with van der Waals surface area (Å²) in [5, 5.41) is 24.2. The van der Waals surface area contributed by atoms with E-state index in [0.29, 0.717) is 6.42 Å². The van der Waals surface area contributed by atoms with Gasteiger partial charge in [-0.3, -0.25) is 4.79 Å². The molecule has 4 rings (SSSR count). The number of likely N-dealkylation sites (tertiary alicyclic amines) is 1. The average Bonchev–Trinajstić information content (AvgIpc) is 2.60. The predicted octanol–water partition coefficient (Wildman–Crippen LogP) is -1.75. The van der Waals surface area contributed by atoms with Crippen LogP contribution in [0.4, 0.5) is 0 Å². The van der Waals surface area contributed by atoms with Crippen LogP contribution in [-0.4, -0.2) is 69.2 Å². The number of aliphatic hydroxyl groups is 1. The second kappa shape index (κ2) is 6.57. The van der Waals surface area contributed by atoms with Crippen LogP contribution in [0, 0.1) is 29.6 Å². The first-order valence-corrected chi connectivity index (χ1v) is 9.76. The number of quaternary nitrogens is 1. The maximum atomic E-state index is 13.5. The zero-order chi connectivity index (χ0) is 17.9. The molecule has 4 aliphatic rings. The van der Waals surface area contributed by atoms with Crippen molar-refractivity contribution in [3.63, 3.8) is 0 Å². The van der Waals surface area contributed by atoms with E-state index in [-0.39, 0.29) is 47.5 Å². The molecule has 0 amide bonds. The maximum Gasteiger partial charge on any atom is 0.193 e. The fraction of sp³-hybridized carbons (Fsp3) is 0.947. The van der Waals surface area contributed by atoms with Crippen LogP contribution >= 0.6 is 0 Å². The number of nitrogens with one attached hydrogen (secondary N) is 1. The Morgan fingerprint density at radius 3 is 2.48 bits per heavy atom. The number of methoxy groups -OCH3 is 2. The largest absolute Gasteiger partial charge is 0.850 e. The van der Waals surface area contributed by atoms with E-state index in [1.807, 2.05) is 0 Å². The van der Waals surface area contributed by atoms with Gasteiger partial charge < -0.3 is 24.6 Å². The van der Waals surface area contributed by atoms with Crippen molar-refractivity contribution in [3.8, 4) is 0 Å². The van der Waals surface area contributed by atoms with Gasteiger partial charge in [0.15, 0.2) is 11.8 Å². The summed E-state index contributed by atoms with van der Waals surface area (Å²) in [6, 6.07) is -0.123. The number of hydrogen-bond donors (Lipinski definition) is 2. The molecule has 3 aliphatic carbocycles. The van der Waals surface area contributed by atoms with Crippen molar-refractivity contribution in [2.45, 2.75) is 56.1 Å². The van der Waals surface area contributed by atoms with Gasteiger partial charge in [-0.2, -0.15) is 0 Å². The molecular formula is C19H31NO5. The van der Waals surface area contributed by atoms with Crippen LogP contribution in [0.15, 0.2) is 0 Å². The molecule has 0 aromatic rings. The third kappa shape index (κ3) is 2.45. The minimum Gasteiger partial charge on any atom is -0.850 e. The first-order valence-electron chi connectivity index (χ1n) is 9.76. The first kappa shape index (κ1) is 17.9. The van der Waals surface area contributed by atoms with Crippen molar-refractivity contribution in [3.05, 3.63) is 0 Å². The highest BCUT2D eigenvalue weighted by Crippen LogP contribution is 2.53. The molecule has 25 heavy (non-hydrogen) atoms. The Morgan fingerprint density at radius 2 is 1.80 bits per heavy atom. The number of aliphatic hydroxyl groups excluding tert-OH is 1. The van der Waals surface area contributed by atoms with Crippen LogP contribution in [-0.2, 0) is 14.3 Å². The molecule has 1 heterocycles. The molecule has 1 saturated heterocycles. The third-order valence-electron chi connectivity index (χ3n) is 7.76. The quantitative estimate of drug-likeness (QED) is 0.616. The van der Waals surface area contributed by atoms with Crippen molar-refractivity contribution in [2.24, 2.45) is 29.6 Å². The number of ether oxygens (including phenoxy) is 2. The molecule has 0 aromatic carbocycles. The number of rotatable bonds is 2. The fourth-order valence-electron chi connectivity index (χ4n) is 6.85. The van der Waals surface area contributed by atoms with E-state index in [0.717, 1.165) is 25.8 Å². The molecule has 1 aliphatic heterocycles. The highest BCUT2D eigenvalue weighted by molar-refractivity contribution is 5.87. The molecule has 142 valence electrons. The van der Waals surface area contributed by atoms with Crippen LogP contribution in [0.5, 0.6) is 0 Å². The Morgan fingerprint density at radius 1 is 1.08 bits per heavy atom. The van der Waals surface area contributed by atoms with Gasteiger partial charge in [-0.15, -0.1) is 0 Å². The lowest BCUT2D eigenvalue weighted by Gasteiger charge is -2.63. The van der Waals surface area contributed by atoms with Gasteiger partial charge in [0.1, 0.15) is 0 Å². The van der Waals surface area contributed by atoms with E-state index in [1.165, 1.54) is 4.90 Å². The predicted molar refractivity (Wildman–Crippen MR) is 87.9 cm³/mol. The van der Waals surface area contributed by atoms with Gasteiger partial charge in [-0.05, 0) is 24.7 Å². The highest BCUT2D eigenvalue weighted by atomic mass is 16.5. The van der Waals surface area contributed by atoms with Crippen molar-refractivity contribution in [2.75, 3.05) is 27.8 Å². The molecule has 11 unspecified atom stereocenters. The van der Waals surface area contributed by atoms with Gasteiger partial charge in [0.25, 0.3) is 0 Å². The number of likely N-dealkylation sites (N-methyl/N-ethyl adjacent to an activating group) is 1. The average molecular weight is 353 g/mol. The van der Waals surface area contributed by atoms with Gasteiger partial charge in [-0.25, -0.2) is 0 Å². The van der Waals surface area contributed by atoms with Gasteiger partial charge in [0.05, 0.1) is 31.9 Å². The van der Waals surface area contributed by atoms with Gasteiger partial charge in [0, 0.05) is 38.4 Å². The van der Waals surface area contributed by atoms with E-state index in [9.17, 15) is 15.0 Å². The minimum atomic E-state index is -0.946. The molecule has 0 radical (unpaired) electrons. The lowest BCUT2D eigenvalue weighted by Crippen LogP contribution is -3.17. The van der Waals surface area contributed by atoms with E-state index < -0.39 is 18.3 Å². The summed E-state index contributed by atoms with van der Waals surface area (Å²) >= 11 is 0. The topological polar surface area (TPSA) is 83.3 Å². The summed E-state index contributed by atoms with van der Waals surface area (Å²) in [6.45, 7) is 0.921. The van der Waals surface area contributed by atoms with Gasteiger partial charge >= 0.3 is 0 Å². The Bertz CT molecular complexity index is 528. The van der Waals surface area contributed by atoms with Crippen LogP contribution in [0.1, 0.15) is 25.7 Å². The van der Waals surface area contributed by atoms with Crippen molar-refractivity contribution in [1.82, 2.24) is 0 Å². The van der Waals surface area contributed by atoms with Gasteiger partial charge in [0.2, 0.25) is 0 Å². The SMILES string of the molecule is COC1C([O-])C2C3C(O)CCCC3C(=O)C3C2C(CC[NH+]3C)C1OC. The molecule has 6 heteroatoms. The number of piperidine rings is 1. The number of Topliss-reactive ketones (excluding diaryl/α,β-unsaturated/α-hetero) is 1. The standard InChI is InChI=1S/C19H30NO5/c1-20-8-7-10-13-14(17(23)19(25-3)18(10)24-2)12-9(16(22)15(13)20)5-4-6-11(12)21/h9-15,17-19,21H,4-8H2,1-3H3/q-1/p+1. The van der Waals surface area contributed by atoms with Gasteiger partial charge in [-0.1, -0.05) is 12.5 Å². The summed E-state index contributed by atoms with van der Waals surface area (Å²) in [6.07, 6.45) is 1.09. The fourth-order valence-corrected chi connectivity index (χ4v) is 6.85. The number of fused-ring (bicyclic) bond motifs is 2. The molecule has 6 nitrogen and oxygen atoms in total. The number of hydrogen-bond acceptors (Lipinski definition) is 5. The molecule has 2 N–H and O–H groups in total. The minimum absolute atomic E-state index is 0.00843. The summed E-state index contributed by atoms with van der Waals surface area (Å²) < 4.78 is 11.3. The molecule has 3 saturated carbocycles. The van der Waals surface area contributed by atoms with Crippen molar-refractivity contribution in [1.29, 1.82) is 0 Å². The Balaban J connectivity index is 1.80. The van der Waals surface area contributed by atoms with Crippen molar-refractivity contribution >= 4 is 5.78 Å². The van der Waals surface area contributed by atoms with E-state index in [1.54, 1.807) is 14.2 Å². The number of ketones is 1. The molecular weight excluding hydrogens is 322 g/mol. The Hall–Kier alpha value is -0.530. The maximum absolute atomic E-state index is 13.5. The number of carbonyl (C=O) groups is 1. The van der Waals surface area contributed by atoms with E-state index in [4.69, 9.17) is 9.47 Å². The Labute approximate surface area is 149 Å². The molecule has 11 atom stereocenters. The smallest absolute Gasteiger partial charge is 0.193 e. The van der Waals surface area contributed by atoms with Crippen LogP contribution < -0.4 is 10.0 Å². The van der Waals surface area contributed by atoms with E-state index in [2.05, 4.69) is 7.05 Å². The zero-order valence-electron chi connectivity index (χ0n) is 15.4. The third-order valence-corrected chi connectivity index (χ3v) is 7.76. The summed E-state index contributed by atoms with van der Waals surface area (Å²) in [5.74, 6) is -0.0951. The lowest BCUT2D eigenvalue weighted by atomic mass is 9.49. The van der Waals surface area contributed by atoms with Crippen molar-refractivity contribution < 1.29 is 29.4 Å². The normalized spacial score (nSPS) is 55.4. The second-order valence-corrected chi connectivity index (χ2v) is 8.63. The number of carbonyl (C=O) groups excluding carboxylic acids is 1. The molecule has 0 bridgehead atoms. The summed E-state index contributed by atoms with van der Waals surface area (Å²) in [7, 11) is 5.31. The molecule has 0 spiro atoms. The summed E-state index contributed by atoms with van der Waals surface area (Å²) in [4.78, 5) is 14.6. The lowest BCUT2D eigenvalue weighted by molar-refractivity contribution is -0.910. The zero-order valence-corrected chi connectivity index (χ0v) is 15.4. The second-order valence-electron chi connectivity index (χ2n) is 8.63. The monoisotopic (exact) mass is 353 g/mol. The summed E-state index contributed by atoms with van der Waals surface area (Å²) in [5.41, 5.74) is 0. The van der Waals surface area contributed by atoms with Crippen LogP contribution in [0.25, 0.3) is 0 Å². The van der Waals surface area contributed by atoms with E-state index >= 15 is 0 Å². The highest BCUT2D eigenvalue weighted by Gasteiger charge is 2.64.